The summed E-state index contributed by atoms with van der Waals surface area (Å²) in [6, 6.07) is 0.748. The molecule has 1 atom stereocenters. The summed E-state index contributed by atoms with van der Waals surface area (Å²) < 4.78 is 0. The van der Waals surface area contributed by atoms with Gasteiger partial charge in [0.2, 0.25) is 0 Å². The van der Waals surface area contributed by atoms with Gasteiger partial charge in [-0.05, 0) is 57.8 Å². The number of nitrogens with zero attached hydrogens (tertiary/aromatic N) is 2. The zero-order chi connectivity index (χ0) is 12.3. The zero-order valence-electron chi connectivity index (χ0n) is 11.3. The van der Waals surface area contributed by atoms with Crippen molar-refractivity contribution in [1.29, 1.82) is 0 Å². The Morgan fingerprint density at radius 1 is 1.41 bits per heavy atom. The zero-order valence-corrected chi connectivity index (χ0v) is 12.1. The molecule has 0 saturated carbocycles. The van der Waals surface area contributed by atoms with Gasteiger partial charge in [0.15, 0.2) is 0 Å². The van der Waals surface area contributed by atoms with Crippen LogP contribution in [-0.2, 0) is 0 Å². The van der Waals surface area contributed by atoms with Crippen molar-refractivity contribution in [2.75, 3.05) is 45.2 Å². The Bertz CT molecular complexity index is 241. The van der Waals surface area contributed by atoms with Gasteiger partial charge in [-0.1, -0.05) is 0 Å². The standard InChI is InChI=1S/C13H27N3S/c1-15-7-3-4-12(15)10-16(2)13(11-14)5-8-17-9-6-13/h12H,3-11,14H2,1-2H3. The summed E-state index contributed by atoms with van der Waals surface area (Å²) in [5.74, 6) is 2.56. The smallest absolute Gasteiger partial charge is 0.0345 e. The Labute approximate surface area is 110 Å². The van der Waals surface area contributed by atoms with E-state index in [9.17, 15) is 0 Å². The van der Waals surface area contributed by atoms with Crippen LogP contribution in [0.2, 0.25) is 0 Å². The number of rotatable bonds is 4. The van der Waals surface area contributed by atoms with E-state index >= 15 is 0 Å². The largest absolute Gasteiger partial charge is 0.329 e. The highest BCUT2D eigenvalue weighted by Gasteiger charge is 2.36. The van der Waals surface area contributed by atoms with Crippen molar-refractivity contribution in [2.24, 2.45) is 5.73 Å². The van der Waals surface area contributed by atoms with Crippen molar-refractivity contribution >= 4 is 11.8 Å². The molecule has 3 nitrogen and oxygen atoms in total. The molecule has 0 bridgehead atoms. The van der Waals surface area contributed by atoms with Gasteiger partial charge in [-0.2, -0.15) is 11.8 Å². The van der Waals surface area contributed by atoms with Crippen LogP contribution in [0.15, 0.2) is 0 Å². The summed E-state index contributed by atoms with van der Waals surface area (Å²) >= 11 is 2.08. The second-order valence-corrected chi connectivity index (χ2v) is 6.92. The minimum absolute atomic E-state index is 0.286. The van der Waals surface area contributed by atoms with E-state index in [0.29, 0.717) is 0 Å². The highest BCUT2D eigenvalue weighted by atomic mass is 32.2. The molecule has 2 heterocycles. The third-order valence-electron chi connectivity index (χ3n) is 4.77. The summed E-state index contributed by atoms with van der Waals surface area (Å²) in [7, 11) is 4.55. The van der Waals surface area contributed by atoms with E-state index < -0.39 is 0 Å². The van der Waals surface area contributed by atoms with Crippen LogP contribution in [0.3, 0.4) is 0 Å². The lowest BCUT2D eigenvalue weighted by Gasteiger charge is -2.45. The first-order valence-electron chi connectivity index (χ1n) is 6.87. The normalized spacial score (nSPS) is 30.0. The van der Waals surface area contributed by atoms with E-state index in [-0.39, 0.29) is 5.54 Å². The van der Waals surface area contributed by atoms with E-state index in [1.807, 2.05) is 0 Å². The summed E-state index contributed by atoms with van der Waals surface area (Å²) in [6.45, 7) is 3.28. The Hall–Kier alpha value is 0.230. The van der Waals surface area contributed by atoms with Gasteiger partial charge in [-0.3, -0.25) is 4.90 Å². The van der Waals surface area contributed by atoms with Crippen LogP contribution < -0.4 is 5.73 Å². The van der Waals surface area contributed by atoms with Crippen molar-refractivity contribution in [3.8, 4) is 0 Å². The van der Waals surface area contributed by atoms with E-state index in [0.717, 1.165) is 12.6 Å². The van der Waals surface area contributed by atoms with Crippen molar-refractivity contribution < 1.29 is 0 Å². The van der Waals surface area contributed by atoms with Gasteiger partial charge in [-0.15, -0.1) is 0 Å². The lowest BCUT2D eigenvalue weighted by molar-refractivity contribution is 0.0875. The molecule has 100 valence electrons. The third-order valence-corrected chi connectivity index (χ3v) is 5.75. The molecule has 2 fully saturated rings. The molecule has 1 unspecified atom stereocenters. The first-order valence-corrected chi connectivity index (χ1v) is 8.03. The lowest BCUT2D eigenvalue weighted by atomic mass is 9.90. The van der Waals surface area contributed by atoms with Gasteiger partial charge in [-0.25, -0.2) is 0 Å². The Balaban J connectivity index is 1.94. The highest BCUT2D eigenvalue weighted by molar-refractivity contribution is 7.99. The Morgan fingerprint density at radius 2 is 2.12 bits per heavy atom. The van der Waals surface area contributed by atoms with E-state index in [4.69, 9.17) is 5.73 Å². The number of hydrogen-bond donors (Lipinski definition) is 1. The lowest BCUT2D eigenvalue weighted by Crippen LogP contribution is -2.56. The van der Waals surface area contributed by atoms with E-state index in [1.54, 1.807) is 0 Å². The van der Waals surface area contributed by atoms with Gasteiger partial charge < -0.3 is 10.6 Å². The molecule has 0 radical (unpaired) electrons. The molecule has 2 N–H and O–H groups in total. The number of likely N-dealkylation sites (N-methyl/N-ethyl adjacent to an activating group) is 2. The molecule has 0 aromatic rings. The maximum atomic E-state index is 6.08. The van der Waals surface area contributed by atoms with Crippen LogP contribution in [0.1, 0.15) is 25.7 Å². The Morgan fingerprint density at radius 3 is 2.65 bits per heavy atom. The van der Waals surface area contributed by atoms with Crippen LogP contribution in [0.25, 0.3) is 0 Å². The first-order chi connectivity index (χ1) is 8.18. The molecule has 17 heavy (non-hydrogen) atoms. The molecule has 0 aliphatic carbocycles. The van der Waals surface area contributed by atoms with Gasteiger partial charge in [0.1, 0.15) is 0 Å². The summed E-state index contributed by atoms with van der Waals surface area (Å²) in [5, 5.41) is 0. The predicted octanol–water partition coefficient (Wildman–Crippen LogP) is 1.24. The van der Waals surface area contributed by atoms with Gasteiger partial charge in [0.05, 0.1) is 0 Å². The monoisotopic (exact) mass is 257 g/mol. The molecular weight excluding hydrogens is 230 g/mol. The second kappa shape index (κ2) is 5.91. The quantitative estimate of drug-likeness (QED) is 0.821. The molecule has 2 aliphatic heterocycles. The fourth-order valence-corrected chi connectivity index (χ4v) is 4.47. The molecule has 0 aromatic carbocycles. The topological polar surface area (TPSA) is 32.5 Å². The van der Waals surface area contributed by atoms with Crippen molar-refractivity contribution in [3.63, 3.8) is 0 Å². The maximum absolute atomic E-state index is 6.08. The van der Waals surface area contributed by atoms with Crippen LogP contribution >= 0.6 is 11.8 Å². The van der Waals surface area contributed by atoms with Crippen LogP contribution in [0.4, 0.5) is 0 Å². The molecular formula is C13H27N3S. The van der Waals surface area contributed by atoms with Gasteiger partial charge >= 0.3 is 0 Å². The van der Waals surface area contributed by atoms with Crippen molar-refractivity contribution in [2.45, 2.75) is 37.3 Å². The number of nitrogens with two attached hydrogens (primary N) is 1. The molecule has 0 aromatic heterocycles. The average Bonchev–Trinajstić information content (AvgIpc) is 2.76. The van der Waals surface area contributed by atoms with Crippen molar-refractivity contribution in [3.05, 3.63) is 0 Å². The van der Waals surface area contributed by atoms with E-state index in [2.05, 4.69) is 35.7 Å². The maximum Gasteiger partial charge on any atom is 0.0345 e. The van der Waals surface area contributed by atoms with Crippen LogP contribution in [-0.4, -0.2) is 66.6 Å². The average molecular weight is 257 g/mol. The fraction of sp³-hybridized carbons (Fsp3) is 1.00. The van der Waals surface area contributed by atoms with Gasteiger partial charge in [0.25, 0.3) is 0 Å². The van der Waals surface area contributed by atoms with Gasteiger partial charge in [0, 0.05) is 24.7 Å². The summed E-state index contributed by atoms with van der Waals surface area (Å²) in [6.07, 6.45) is 5.25. The summed E-state index contributed by atoms with van der Waals surface area (Å²) in [4.78, 5) is 5.08. The summed E-state index contributed by atoms with van der Waals surface area (Å²) in [5.41, 5.74) is 6.37. The van der Waals surface area contributed by atoms with Crippen LogP contribution in [0.5, 0.6) is 0 Å². The molecule has 0 amide bonds. The Kier molecular flexibility index (Phi) is 4.75. The third kappa shape index (κ3) is 2.98. The molecule has 2 saturated heterocycles. The number of thioether (sulfide) groups is 1. The molecule has 2 rings (SSSR count). The van der Waals surface area contributed by atoms with Crippen LogP contribution in [0, 0.1) is 0 Å². The number of hydrogen-bond acceptors (Lipinski definition) is 4. The first kappa shape index (κ1) is 13.7. The molecule has 4 heteroatoms. The number of likely N-dealkylation sites (tertiary alicyclic amines) is 1. The van der Waals surface area contributed by atoms with E-state index in [1.165, 1.54) is 50.3 Å². The fourth-order valence-electron chi connectivity index (χ4n) is 3.21. The molecule has 2 aliphatic rings. The SMILES string of the molecule is CN1CCCC1CN(C)C1(CN)CCSCC1. The van der Waals surface area contributed by atoms with Crippen molar-refractivity contribution in [1.82, 2.24) is 9.80 Å². The predicted molar refractivity (Wildman–Crippen MR) is 76.6 cm³/mol. The minimum atomic E-state index is 0.286. The highest BCUT2D eigenvalue weighted by Crippen LogP contribution is 2.32. The minimum Gasteiger partial charge on any atom is -0.329 e. The molecule has 0 spiro atoms. The second-order valence-electron chi connectivity index (χ2n) is 5.70.